The number of hydrogen-bond acceptors (Lipinski definition) is 7. The highest BCUT2D eigenvalue weighted by Crippen LogP contribution is 2.28. The number of thiazole rings is 1. The zero-order valence-corrected chi connectivity index (χ0v) is 16.2. The highest BCUT2D eigenvalue weighted by Gasteiger charge is 2.31. The summed E-state index contributed by atoms with van der Waals surface area (Å²) >= 11 is 2.94. The first kappa shape index (κ1) is 19.4. The summed E-state index contributed by atoms with van der Waals surface area (Å²) in [6.45, 7) is 0. The average molecular weight is 435 g/mol. The molecule has 2 heterocycles. The molecule has 148 valence electrons. The summed E-state index contributed by atoms with van der Waals surface area (Å²) in [5.41, 5.74) is 2.47. The van der Waals surface area contributed by atoms with Crippen molar-refractivity contribution < 1.29 is 17.9 Å². The van der Waals surface area contributed by atoms with Gasteiger partial charge in [-0.1, -0.05) is 42.1 Å². The van der Waals surface area contributed by atoms with E-state index in [0.717, 1.165) is 16.3 Å². The van der Waals surface area contributed by atoms with E-state index >= 15 is 0 Å². The van der Waals surface area contributed by atoms with E-state index in [1.54, 1.807) is 11.3 Å². The first-order valence-corrected chi connectivity index (χ1v) is 10.1. The number of benzene rings is 2. The van der Waals surface area contributed by atoms with Crippen LogP contribution in [-0.4, -0.2) is 31.6 Å². The largest absolute Gasteiger partial charge is 0.573 e. The van der Waals surface area contributed by atoms with E-state index in [4.69, 9.17) is 0 Å². The molecule has 0 bridgehead atoms. The number of rotatable bonds is 6. The summed E-state index contributed by atoms with van der Waals surface area (Å²) in [4.78, 5) is 4.62. The van der Waals surface area contributed by atoms with Gasteiger partial charge in [-0.3, -0.25) is 0 Å². The average Bonchev–Trinajstić information content (AvgIpc) is 3.36. The van der Waals surface area contributed by atoms with Gasteiger partial charge in [0.15, 0.2) is 0 Å². The number of nitrogens with zero attached hydrogens (tertiary/aromatic N) is 5. The molecule has 4 rings (SSSR count). The Morgan fingerprint density at radius 1 is 1.03 bits per heavy atom. The topological polar surface area (TPSA) is 65.7 Å². The normalized spacial score (nSPS) is 11.6. The van der Waals surface area contributed by atoms with Crippen LogP contribution >= 0.6 is 23.1 Å². The number of alkyl halides is 3. The standard InChI is InChI=1S/C18H12F3N5OS2/c19-18(20,21)27-15-8-6-14(7-9-15)26-17(23-24-25-26)29-11-13-10-28-16(22-13)12-4-2-1-3-5-12/h1-10H,11H2. The number of aromatic nitrogens is 5. The molecule has 0 saturated heterocycles. The van der Waals surface area contributed by atoms with E-state index in [1.165, 1.54) is 40.7 Å². The predicted octanol–water partition coefficient (Wildman–Crippen LogP) is 4.98. The van der Waals surface area contributed by atoms with Crippen LogP contribution < -0.4 is 4.74 Å². The van der Waals surface area contributed by atoms with E-state index in [-0.39, 0.29) is 5.75 Å². The van der Waals surface area contributed by atoms with Gasteiger partial charge < -0.3 is 4.74 Å². The molecule has 11 heteroatoms. The van der Waals surface area contributed by atoms with E-state index in [2.05, 4.69) is 25.2 Å². The first-order valence-electron chi connectivity index (χ1n) is 8.25. The lowest BCUT2D eigenvalue weighted by Gasteiger charge is -2.09. The summed E-state index contributed by atoms with van der Waals surface area (Å²) in [6.07, 6.45) is -4.73. The zero-order valence-electron chi connectivity index (χ0n) is 14.6. The van der Waals surface area contributed by atoms with Crippen LogP contribution in [0.25, 0.3) is 16.3 Å². The Bertz CT molecular complexity index is 1080. The molecule has 0 atom stereocenters. The van der Waals surface area contributed by atoms with Crippen LogP contribution in [0, 0.1) is 0 Å². The predicted molar refractivity (Wildman–Crippen MR) is 103 cm³/mol. The van der Waals surface area contributed by atoms with E-state index in [0.29, 0.717) is 16.6 Å². The van der Waals surface area contributed by atoms with Gasteiger partial charge in [0.05, 0.1) is 11.4 Å². The molecule has 0 N–H and O–H groups in total. The van der Waals surface area contributed by atoms with Crippen molar-refractivity contribution >= 4 is 23.1 Å². The lowest BCUT2D eigenvalue weighted by Crippen LogP contribution is -2.17. The zero-order chi connectivity index (χ0) is 20.3. The lowest BCUT2D eigenvalue weighted by molar-refractivity contribution is -0.274. The molecule has 0 unspecified atom stereocenters. The molecule has 4 aromatic rings. The minimum atomic E-state index is -4.73. The van der Waals surface area contributed by atoms with Gasteiger partial charge >= 0.3 is 6.36 Å². The highest BCUT2D eigenvalue weighted by atomic mass is 32.2. The minimum absolute atomic E-state index is 0.306. The lowest BCUT2D eigenvalue weighted by atomic mass is 10.2. The Balaban J connectivity index is 1.44. The van der Waals surface area contributed by atoms with Gasteiger partial charge in [0, 0.05) is 16.7 Å². The molecule has 29 heavy (non-hydrogen) atoms. The summed E-state index contributed by atoms with van der Waals surface area (Å²) in [7, 11) is 0. The van der Waals surface area contributed by atoms with Gasteiger partial charge in [0.25, 0.3) is 0 Å². The Morgan fingerprint density at radius 2 is 1.79 bits per heavy atom. The molecule has 0 aliphatic carbocycles. The maximum Gasteiger partial charge on any atom is 0.573 e. The Hall–Kier alpha value is -2.92. The van der Waals surface area contributed by atoms with Crippen molar-refractivity contribution in [2.45, 2.75) is 17.3 Å². The highest BCUT2D eigenvalue weighted by molar-refractivity contribution is 7.98. The molecule has 0 spiro atoms. The summed E-state index contributed by atoms with van der Waals surface area (Å²) < 4.78 is 42.2. The summed E-state index contributed by atoms with van der Waals surface area (Å²) in [5, 5.41) is 15.0. The number of halogens is 3. The van der Waals surface area contributed by atoms with Crippen molar-refractivity contribution in [3.63, 3.8) is 0 Å². The van der Waals surface area contributed by atoms with Crippen molar-refractivity contribution in [3.8, 4) is 22.0 Å². The maximum absolute atomic E-state index is 12.3. The Kier molecular flexibility index (Phi) is 5.49. The van der Waals surface area contributed by atoms with E-state index < -0.39 is 6.36 Å². The van der Waals surface area contributed by atoms with Crippen molar-refractivity contribution in [3.05, 3.63) is 65.7 Å². The molecule has 0 fully saturated rings. The Morgan fingerprint density at radius 3 is 2.52 bits per heavy atom. The smallest absolute Gasteiger partial charge is 0.406 e. The fourth-order valence-electron chi connectivity index (χ4n) is 2.45. The molecule has 0 saturated carbocycles. The number of thioether (sulfide) groups is 1. The van der Waals surface area contributed by atoms with Crippen molar-refractivity contribution in [1.29, 1.82) is 0 Å². The van der Waals surface area contributed by atoms with Gasteiger partial charge in [0.1, 0.15) is 10.8 Å². The van der Waals surface area contributed by atoms with Gasteiger partial charge in [-0.15, -0.1) is 29.6 Å². The van der Waals surface area contributed by atoms with E-state index in [1.807, 2.05) is 35.7 Å². The second kappa shape index (κ2) is 8.21. The van der Waals surface area contributed by atoms with Gasteiger partial charge in [-0.2, -0.15) is 4.68 Å². The molecular formula is C18H12F3N5OS2. The monoisotopic (exact) mass is 435 g/mol. The third-order valence-electron chi connectivity index (χ3n) is 3.68. The second-order valence-corrected chi connectivity index (χ2v) is 7.51. The van der Waals surface area contributed by atoms with Crippen molar-refractivity contribution in [2.75, 3.05) is 0 Å². The summed E-state index contributed by atoms with van der Waals surface area (Å²) in [6, 6.07) is 15.2. The SMILES string of the molecule is FC(F)(F)Oc1ccc(-n2nnnc2SCc2csc(-c3ccccc3)n2)cc1. The van der Waals surface area contributed by atoms with Crippen LogP contribution in [0.2, 0.25) is 0 Å². The summed E-state index contributed by atoms with van der Waals surface area (Å²) in [5.74, 6) is 0.248. The second-order valence-electron chi connectivity index (χ2n) is 5.71. The molecule has 2 aromatic carbocycles. The van der Waals surface area contributed by atoms with Crippen LogP contribution in [0.5, 0.6) is 5.75 Å². The van der Waals surface area contributed by atoms with Crippen molar-refractivity contribution in [1.82, 2.24) is 25.2 Å². The van der Waals surface area contributed by atoms with Crippen LogP contribution in [0.1, 0.15) is 5.69 Å². The fraction of sp³-hybridized carbons (Fsp3) is 0.111. The molecule has 0 amide bonds. The molecule has 0 radical (unpaired) electrons. The molecule has 0 aliphatic rings. The van der Waals surface area contributed by atoms with Crippen LogP contribution in [0.15, 0.2) is 65.1 Å². The third kappa shape index (κ3) is 4.93. The van der Waals surface area contributed by atoms with Crippen LogP contribution in [0.4, 0.5) is 13.2 Å². The quantitative estimate of drug-likeness (QED) is 0.398. The molecule has 6 nitrogen and oxygen atoms in total. The molecule has 0 aliphatic heterocycles. The van der Waals surface area contributed by atoms with Crippen molar-refractivity contribution in [2.24, 2.45) is 0 Å². The van der Waals surface area contributed by atoms with Crippen LogP contribution in [-0.2, 0) is 5.75 Å². The third-order valence-corrected chi connectivity index (χ3v) is 5.57. The van der Waals surface area contributed by atoms with E-state index in [9.17, 15) is 13.2 Å². The minimum Gasteiger partial charge on any atom is -0.406 e. The number of hydrogen-bond donors (Lipinski definition) is 0. The van der Waals surface area contributed by atoms with Gasteiger partial charge in [0.2, 0.25) is 5.16 Å². The Labute approximate surface area is 171 Å². The van der Waals surface area contributed by atoms with Gasteiger partial charge in [-0.25, -0.2) is 4.98 Å². The first-order chi connectivity index (χ1) is 14.0. The van der Waals surface area contributed by atoms with Gasteiger partial charge in [-0.05, 0) is 34.7 Å². The fourth-order valence-corrected chi connectivity index (χ4v) is 4.16. The molecular weight excluding hydrogens is 423 g/mol. The van der Waals surface area contributed by atoms with Crippen LogP contribution in [0.3, 0.4) is 0 Å². The molecule has 2 aromatic heterocycles. The number of ether oxygens (including phenoxy) is 1. The number of tetrazole rings is 1. The maximum atomic E-state index is 12.3.